The van der Waals surface area contributed by atoms with Crippen molar-refractivity contribution in [3.05, 3.63) is 29.8 Å². The first kappa shape index (κ1) is 12.4. The fraction of sp³-hybridized carbons (Fsp3) is 0.571. The van der Waals surface area contributed by atoms with Crippen LogP contribution in [0.15, 0.2) is 24.3 Å². The Morgan fingerprint density at radius 2 is 1.76 bits per heavy atom. The second-order valence-corrected chi connectivity index (χ2v) is 5.44. The molecule has 1 saturated heterocycles. The Kier molecular flexibility index (Phi) is 3.69. The molecule has 94 valence electrons. The molecule has 0 radical (unpaired) electrons. The van der Waals surface area contributed by atoms with E-state index in [4.69, 9.17) is 10.7 Å². The highest BCUT2D eigenvalue weighted by atomic mass is 16.6. The van der Waals surface area contributed by atoms with E-state index in [1.807, 2.05) is 0 Å². The summed E-state index contributed by atoms with van der Waals surface area (Å²) < 4.78 is 0. The van der Waals surface area contributed by atoms with E-state index in [9.17, 15) is 0 Å². The molecular formula is C14H22N2O. The second kappa shape index (κ2) is 5.07. The van der Waals surface area contributed by atoms with E-state index in [0.29, 0.717) is 6.61 Å². The van der Waals surface area contributed by atoms with Crippen LogP contribution in [-0.2, 0) is 10.3 Å². The first-order valence-corrected chi connectivity index (χ1v) is 6.31. The maximum absolute atomic E-state index is 5.17. The van der Waals surface area contributed by atoms with Gasteiger partial charge in [0, 0.05) is 24.2 Å². The number of hydrogen-bond acceptors (Lipinski definition) is 3. The zero-order chi connectivity index (χ0) is 12.3. The molecule has 0 bridgehead atoms. The molecule has 0 aliphatic carbocycles. The van der Waals surface area contributed by atoms with Crippen molar-refractivity contribution >= 4 is 5.69 Å². The number of hydrogen-bond donors (Lipinski definition) is 1. The zero-order valence-corrected chi connectivity index (χ0v) is 10.8. The van der Waals surface area contributed by atoms with Crippen LogP contribution < -0.4 is 10.8 Å². The molecule has 17 heavy (non-hydrogen) atoms. The maximum atomic E-state index is 5.17. The Balaban J connectivity index is 2.12. The van der Waals surface area contributed by atoms with Gasteiger partial charge < -0.3 is 9.74 Å². The van der Waals surface area contributed by atoms with Crippen LogP contribution in [0.1, 0.15) is 32.3 Å². The minimum Gasteiger partial charge on any atom is -0.372 e. The fourth-order valence-electron chi connectivity index (χ4n) is 2.39. The lowest BCUT2D eigenvalue weighted by Gasteiger charge is -2.25. The monoisotopic (exact) mass is 234 g/mol. The lowest BCUT2D eigenvalue weighted by molar-refractivity contribution is 0.0964. The minimum absolute atomic E-state index is 0.0295. The van der Waals surface area contributed by atoms with Gasteiger partial charge in [0.15, 0.2) is 0 Å². The summed E-state index contributed by atoms with van der Waals surface area (Å²) in [7, 11) is 0. The lowest BCUT2D eigenvalue weighted by Crippen LogP contribution is -2.26. The van der Waals surface area contributed by atoms with Crippen LogP contribution in [0, 0.1) is 0 Å². The van der Waals surface area contributed by atoms with Gasteiger partial charge in [-0.1, -0.05) is 26.0 Å². The summed E-state index contributed by atoms with van der Waals surface area (Å²) in [6.07, 6.45) is 2.63. The van der Waals surface area contributed by atoms with Gasteiger partial charge in [0.2, 0.25) is 0 Å². The Hall–Kier alpha value is -1.06. The summed E-state index contributed by atoms with van der Waals surface area (Å²) in [6, 6.07) is 8.79. The predicted octanol–water partition coefficient (Wildman–Crippen LogP) is 2.45. The Morgan fingerprint density at radius 1 is 1.18 bits per heavy atom. The van der Waals surface area contributed by atoms with Crippen molar-refractivity contribution in [1.29, 1.82) is 0 Å². The van der Waals surface area contributed by atoms with Gasteiger partial charge in [-0.25, -0.2) is 5.90 Å². The van der Waals surface area contributed by atoms with Crippen LogP contribution in [0.5, 0.6) is 0 Å². The summed E-state index contributed by atoms with van der Waals surface area (Å²) in [5, 5.41) is 0. The van der Waals surface area contributed by atoms with Crippen molar-refractivity contribution in [3.63, 3.8) is 0 Å². The molecule has 3 heteroatoms. The van der Waals surface area contributed by atoms with Crippen molar-refractivity contribution in [2.75, 3.05) is 24.6 Å². The highest BCUT2D eigenvalue weighted by Gasteiger charge is 2.21. The first-order valence-electron chi connectivity index (χ1n) is 6.31. The molecule has 1 aromatic rings. The Bertz CT molecular complexity index is 353. The van der Waals surface area contributed by atoms with Gasteiger partial charge in [-0.2, -0.15) is 0 Å². The molecule has 0 saturated carbocycles. The van der Waals surface area contributed by atoms with Crippen molar-refractivity contribution in [3.8, 4) is 0 Å². The molecule has 0 unspecified atom stereocenters. The summed E-state index contributed by atoms with van der Waals surface area (Å²) in [6.45, 7) is 7.20. The summed E-state index contributed by atoms with van der Waals surface area (Å²) in [4.78, 5) is 7.22. The normalized spacial score (nSPS) is 16.5. The fourth-order valence-corrected chi connectivity index (χ4v) is 2.39. The lowest BCUT2D eigenvalue weighted by atomic mass is 9.85. The van der Waals surface area contributed by atoms with E-state index >= 15 is 0 Å². The maximum Gasteiger partial charge on any atom is 0.0770 e. The second-order valence-electron chi connectivity index (χ2n) is 5.44. The highest BCUT2D eigenvalue weighted by molar-refractivity contribution is 5.49. The van der Waals surface area contributed by atoms with Crippen LogP contribution in [0.3, 0.4) is 0 Å². The van der Waals surface area contributed by atoms with Crippen LogP contribution >= 0.6 is 0 Å². The molecule has 0 aromatic heterocycles. The van der Waals surface area contributed by atoms with Gasteiger partial charge in [-0.3, -0.25) is 0 Å². The van der Waals surface area contributed by atoms with Gasteiger partial charge >= 0.3 is 0 Å². The number of nitrogens with two attached hydrogens (primary N) is 1. The van der Waals surface area contributed by atoms with Crippen LogP contribution in [0.2, 0.25) is 0 Å². The first-order chi connectivity index (χ1) is 8.13. The molecule has 0 spiro atoms. The number of benzene rings is 1. The number of anilines is 1. The molecular weight excluding hydrogens is 212 g/mol. The zero-order valence-electron chi connectivity index (χ0n) is 10.8. The largest absolute Gasteiger partial charge is 0.372 e. The molecule has 2 N–H and O–H groups in total. The molecule has 1 aliphatic heterocycles. The third-order valence-electron chi connectivity index (χ3n) is 3.56. The predicted molar refractivity (Wildman–Crippen MR) is 71.1 cm³/mol. The van der Waals surface area contributed by atoms with Crippen molar-refractivity contribution in [2.45, 2.75) is 32.1 Å². The molecule has 1 aliphatic rings. The van der Waals surface area contributed by atoms with E-state index < -0.39 is 0 Å². The molecule has 0 amide bonds. The van der Waals surface area contributed by atoms with Crippen molar-refractivity contribution < 1.29 is 4.84 Å². The smallest absolute Gasteiger partial charge is 0.0770 e. The average Bonchev–Trinajstić information content (AvgIpc) is 2.82. The molecule has 2 rings (SSSR count). The van der Waals surface area contributed by atoms with Crippen LogP contribution in [0.4, 0.5) is 5.69 Å². The van der Waals surface area contributed by atoms with Gasteiger partial charge in [0.25, 0.3) is 0 Å². The van der Waals surface area contributed by atoms with Crippen molar-refractivity contribution in [1.82, 2.24) is 0 Å². The molecule has 0 atom stereocenters. The van der Waals surface area contributed by atoms with Gasteiger partial charge in [-0.15, -0.1) is 0 Å². The van der Waals surface area contributed by atoms with Gasteiger partial charge in [0.05, 0.1) is 6.61 Å². The quantitative estimate of drug-likeness (QED) is 0.813. The van der Waals surface area contributed by atoms with Gasteiger partial charge in [0.1, 0.15) is 0 Å². The third kappa shape index (κ3) is 2.79. The molecule has 1 aromatic carbocycles. The Labute approximate surface area is 104 Å². The van der Waals surface area contributed by atoms with Gasteiger partial charge in [-0.05, 0) is 30.5 Å². The molecule has 3 nitrogen and oxygen atoms in total. The van der Waals surface area contributed by atoms with E-state index in [1.165, 1.54) is 37.2 Å². The summed E-state index contributed by atoms with van der Waals surface area (Å²) in [5.41, 5.74) is 2.57. The van der Waals surface area contributed by atoms with E-state index in [2.05, 4.69) is 43.0 Å². The van der Waals surface area contributed by atoms with Crippen molar-refractivity contribution in [2.24, 2.45) is 5.90 Å². The van der Waals surface area contributed by atoms with E-state index in [-0.39, 0.29) is 5.41 Å². The Morgan fingerprint density at radius 3 is 2.29 bits per heavy atom. The van der Waals surface area contributed by atoms with Crippen LogP contribution in [0.25, 0.3) is 0 Å². The third-order valence-corrected chi connectivity index (χ3v) is 3.56. The SMILES string of the molecule is CC(C)(CON)c1ccc(N2CCCC2)cc1. The highest BCUT2D eigenvalue weighted by Crippen LogP contribution is 2.27. The molecule has 1 heterocycles. The van der Waals surface area contributed by atoms with E-state index in [0.717, 1.165) is 0 Å². The van der Waals surface area contributed by atoms with Crippen LogP contribution in [-0.4, -0.2) is 19.7 Å². The molecule has 1 fully saturated rings. The standard InChI is InChI=1S/C14H22N2O/c1-14(2,11-17-15)12-5-7-13(8-6-12)16-9-3-4-10-16/h5-8H,3-4,9-11,15H2,1-2H3. The average molecular weight is 234 g/mol. The summed E-state index contributed by atoms with van der Waals surface area (Å²) >= 11 is 0. The number of nitrogens with zero attached hydrogens (tertiary/aromatic N) is 1. The topological polar surface area (TPSA) is 38.5 Å². The number of rotatable bonds is 4. The summed E-state index contributed by atoms with van der Waals surface area (Å²) in [5.74, 6) is 5.17. The van der Waals surface area contributed by atoms with E-state index in [1.54, 1.807) is 0 Å². The minimum atomic E-state index is -0.0295.